The summed E-state index contributed by atoms with van der Waals surface area (Å²) < 4.78 is 0. The Morgan fingerprint density at radius 2 is 1.68 bits per heavy atom. The zero-order valence-corrected chi connectivity index (χ0v) is 16.2. The van der Waals surface area contributed by atoms with Gasteiger partial charge in [0.05, 0.1) is 6.10 Å². The molecular formula is C22H36N2O. The Labute approximate surface area is 153 Å². The lowest BCUT2D eigenvalue weighted by Crippen LogP contribution is -2.54. The Morgan fingerprint density at radius 3 is 2.32 bits per heavy atom. The third-order valence-electron chi connectivity index (χ3n) is 6.78. The first kappa shape index (κ1) is 18.9. The summed E-state index contributed by atoms with van der Waals surface area (Å²) in [6, 6.07) is 12.3. The van der Waals surface area contributed by atoms with Gasteiger partial charge in [0.15, 0.2) is 0 Å². The standard InChI is InChI=1S/C22H36N2O/c1-17(22(2,3)18-9-5-4-6-10-18)23-19-13-15-24(16-14-19)20-11-7-8-12-21(20)25/h4-6,9-10,17,19-21,23,25H,7-8,11-16H2,1-3H3. The normalized spacial score (nSPS) is 28.0. The van der Waals surface area contributed by atoms with E-state index in [0.29, 0.717) is 18.1 Å². The van der Waals surface area contributed by atoms with E-state index in [1.54, 1.807) is 0 Å². The van der Waals surface area contributed by atoms with E-state index in [1.165, 1.54) is 37.7 Å². The van der Waals surface area contributed by atoms with E-state index >= 15 is 0 Å². The predicted octanol–water partition coefficient (Wildman–Crippen LogP) is 3.71. The van der Waals surface area contributed by atoms with Gasteiger partial charge < -0.3 is 10.4 Å². The molecule has 1 saturated carbocycles. The fourth-order valence-electron chi connectivity index (χ4n) is 4.60. The number of aliphatic hydroxyl groups is 1. The minimum absolute atomic E-state index is 0.103. The number of nitrogens with one attached hydrogen (secondary N) is 1. The van der Waals surface area contributed by atoms with Crippen LogP contribution in [0.1, 0.15) is 64.9 Å². The number of nitrogens with zero attached hydrogens (tertiary/aromatic N) is 1. The highest BCUT2D eigenvalue weighted by Gasteiger charge is 2.34. The van der Waals surface area contributed by atoms with Crippen LogP contribution >= 0.6 is 0 Å². The first-order valence-electron chi connectivity index (χ1n) is 10.2. The average molecular weight is 345 g/mol. The monoisotopic (exact) mass is 344 g/mol. The van der Waals surface area contributed by atoms with Crippen LogP contribution in [-0.4, -0.2) is 47.3 Å². The molecule has 2 aliphatic rings. The average Bonchev–Trinajstić information content (AvgIpc) is 2.63. The molecule has 1 heterocycles. The number of aliphatic hydroxyl groups excluding tert-OH is 1. The molecule has 0 bridgehead atoms. The molecule has 1 aliphatic heterocycles. The molecule has 2 N–H and O–H groups in total. The Balaban J connectivity index is 1.51. The number of hydrogen-bond donors (Lipinski definition) is 2. The maximum atomic E-state index is 10.3. The molecule has 1 aromatic rings. The number of likely N-dealkylation sites (tertiary alicyclic amines) is 1. The Kier molecular flexibility index (Phi) is 6.19. The predicted molar refractivity (Wildman–Crippen MR) is 105 cm³/mol. The third kappa shape index (κ3) is 4.45. The van der Waals surface area contributed by atoms with Gasteiger partial charge in [0.2, 0.25) is 0 Å². The Bertz CT molecular complexity index is 522. The second-order valence-corrected chi connectivity index (χ2v) is 8.71. The van der Waals surface area contributed by atoms with E-state index in [1.807, 2.05) is 0 Å². The SMILES string of the molecule is CC(NC1CCN(C2CCCCC2O)CC1)C(C)(C)c1ccccc1. The summed E-state index contributed by atoms with van der Waals surface area (Å²) in [5, 5.41) is 14.2. The van der Waals surface area contributed by atoms with E-state index in [9.17, 15) is 5.11 Å². The minimum Gasteiger partial charge on any atom is -0.391 e. The molecule has 3 atom stereocenters. The van der Waals surface area contributed by atoms with Crippen molar-refractivity contribution in [1.82, 2.24) is 10.2 Å². The Hall–Kier alpha value is -0.900. The lowest BCUT2D eigenvalue weighted by molar-refractivity contribution is 0.00625. The topological polar surface area (TPSA) is 35.5 Å². The summed E-state index contributed by atoms with van der Waals surface area (Å²) in [5.74, 6) is 0. The zero-order chi connectivity index (χ0) is 17.9. The summed E-state index contributed by atoms with van der Waals surface area (Å²) in [5.41, 5.74) is 1.52. The maximum absolute atomic E-state index is 10.3. The van der Waals surface area contributed by atoms with E-state index in [-0.39, 0.29) is 11.5 Å². The van der Waals surface area contributed by atoms with Crippen molar-refractivity contribution in [3.63, 3.8) is 0 Å². The van der Waals surface area contributed by atoms with E-state index < -0.39 is 0 Å². The van der Waals surface area contributed by atoms with E-state index in [4.69, 9.17) is 0 Å². The fraction of sp³-hybridized carbons (Fsp3) is 0.727. The Morgan fingerprint density at radius 1 is 1.04 bits per heavy atom. The van der Waals surface area contributed by atoms with Crippen molar-refractivity contribution in [2.45, 2.75) is 88.9 Å². The van der Waals surface area contributed by atoms with Crippen LogP contribution in [-0.2, 0) is 5.41 Å². The van der Waals surface area contributed by atoms with Gasteiger partial charge in [-0.25, -0.2) is 0 Å². The molecule has 1 aromatic carbocycles. The van der Waals surface area contributed by atoms with Gasteiger partial charge >= 0.3 is 0 Å². The lowest BCUT2D eigenvalue weighted by atomic mass is 9.78. The molecule has 25 heavy (non-hydrogen) atoms. The molecule has 3 heteroatoms. The van der Waals surface area contributed by atoms with Gasteiger partial charge in [-0.15, -0.1) is 0 Å². The van der Waals surface area contributed by atoms with Crippen molar-refractivity contribution in [1.29, 1.82) is 0 Å². The molecule has 1 aliphatic carbocycles. The minimum atomic E-state index is -0.103. The highest BCUT2D eigenvalue weighted by molar-refractivity contribution is 5.25. The highest BCUT2D eigenvalue weighted by Crippen LogP contribution is 2.29. The molecular weight excluding hydrogens is 308 g/mol. The van der Waals surface area contributed by atoms with Crippen LogP contribution < -0.4 is 5.32 Å². The molecule has 0 amide bonds. The van der Waals surface area contributed by atoms with Crippen molar-refractivity contribution >= 4 is 0 Å². The van der Waals surface area contributed by atoms with Crippen LogP contribution in [0.3, 0.4) is 0 Å². The number of hydrogen-bond acceptors (Lipinski definition) is 3. The zero-order valence-electron chi connectivity index (χ0n) is 16.2. The summed E-state index contributed by atoms with van der Waals surface area (Å²) in [6.45, 7) is 9.25. The van der Waals surface area contributed by atoms with Gasteiger partial charge in [0.1, 0.15) is 0 Å². The lowest BCUT2D eigenvalue weighted by Gasteiger charge is -2.43. The quantitative estimate of drug-likeness (QED) is 0.855. The molecule has 3 unspecified atom stereocenters. The second kappa shape index (κ2) is 8.20. The van der Waals surface area contributed by atoms with Crippen LogP contribution in [0, 0.1) is 0 Å². The third-order valence-corrected chi connectivity index (χ3v) is 6.78. The van der Waals surface area contributed by atoms with Gasteiger partial charge in [-0.2, -0.15) is 0 Å². The van der Waals surface area contributed by atoms with Crippen molar-refractivity contribution < 1.29 is 5.11 Å². The molecule has 3 nitrogen and oxygen atoms in total. The highest BCUT2D eigenvalue weighted by atomic mass is 16.3. The van der Waals surface area contributed by atoms with E-state index in [0.717, 1.165) is 19.5 Å². The molecule has 0 aromatic heterocycles. The summed E-state index contributed by atoms with van der Waals surface area (Å²) in [4.78, 5) is 2.55. The van der Waals surface area contributed by atoms with Crippen LogP contribution in [0.5, 0.6) is 0 Å². The molecule has 2 fully saturated rings. The molecule has 1 saturated heterocycles. The number of rotatable bonds is 5. The van der Waals surface area contributed by atoms with Crippen LogP contribution in [0.4, 0.5) is 0 Å². The van der Waals surface area contributed by atoms with Crippen LogP contribution in [0.15, 0.2) is 30.3 Å². The maximum Gasteiger partial charge on any atom is 0.0695 e. The summed E-state index contributed by atoms with van der Waals surface area (Å²) in [6.07, 6.45) is 6.93. The van der Waals surface area contributed by atoms with Crippen molar-refractivity contribution in [3.05, 3.63) is 35.9 Å². The molecule has 140 valence electrons. The van der Waals surface area contributed by atoms with Crippen molar-refractivity contribution in [3.8, 4) is 0 Å². The van der Waals surface area contributed by atoms with Gasteiger partial charge in [0, 0.05) is 36.6 Å². The van der Waals surface area contributed by atoms with Gasteiger partial charge in [-0.3, -0.25) is 4.90 Å². The summed E-state index contributed by atoms with van der Waals surface area (Å²) in [7, 11) is 0. The van der Waals surface area contributed by atoms with Crippen LogP contribution in [0.25, 0.3) is 0 Å². The van der Waals surface area contributed by atoms with Crippen molar-refractivity contribution in [2.24, 2.45) is 0 Å². The fourth-order valence-corrected chi connectivity index (χ4v) is 4.60. The molecule has 3 rings (SSSR count). The number of benzene rings is 1. The largest absolute Gasteiger partial charge is 0.391 e. The molecule has 0 spiro atoms. The smallest absolute Gasteiger partial charge is 0.0695 e. The van der Waals surface area contributed by atoms with Gasteiger partial charge in [-0.1, -0.05) is 57.0 Å². The van der Waals surface area contributed by atoms with Gasteiger partial charge in [-0.05, 0) is 38.2 Å². The molecule has 0 radical (unpaired) electrons. The first-order valence-corrected chi connectivity index (χ1v) is 10.2. The van der Waals surface area contributed by atoms with Crippen LogP contribution in [0.2, 0.25) is 0 Å². The van der Waals surface area contributed by atoms with Crippen molar-refractivity contribution in [2.75, 3.05) is 13.1 Å². The summed E-state index contributed by atoms with van der Waals surface area (Å²) >= 11 is 0. The van der Waals surface area contributed by atoms with Gasteiger partial charge in [0.25, 0.3) is 0 Å². The first-order chi connectivity index (χ1) is 12.0. The second-order valence-electron chi connectivity index (χ2n) is 8.71. The number of piperidine rings is 1. The van der Waals surface area contributed by atoms with E-state index in [2.05, 4.69) is 61.3 Å².